The number of hydrogen-bond acceptors (Lipinski definition) is 6. The number of benzene rings is 2. The van der Waals surface area contributed by atoms with Crippen molar-refractivity contribution in [2.24, 2.45) is 0 Å². The molecule has 5 aromatic rings. The van der Waals surface area contributed by atoms with Gasteiger partial charge >= 0.3 is 0 Å². The van der Waals surface area contributed by atoms with Gasteiger partial charge in [0.15, 0.2) is 0 Å². The molecule has 0 amide bonds. The van der Waals surface area contributed by atoms with E-state index in [-0.39, 0.29) is 24.0 Å². The predicted molar refractivity (Wildman–Crippen MR) is 132 cm³/mol. The first-order valence-electron chi connectivity index (χ1n) is 10.7. The van der Waals surface area contributed by atoms with Crippen LogP contribution in [0.15, 0.2) is 75.8 Å². The van der Waals surface area contributed by atoms with Gasteiger partial charge in [-0.2, -0.15) is 0 Å². The van der Waals surface area contributed by atoms with Crippen molar-refractivity contribution in [2.75, 3.05) is 7.11 Å². The first-order valence-corrected chi connectivity index (χ1v) is 11.5. The van der Waals surface area contributed by atoms with Gasteiger partial charge in [0.1, 0.15) is 11.4 Å². The Kier molecular flexibility index (Phi) is 5.98. The molecule has 5 rings (SSSR count). The summed E-state index contributed by atoms with van der Waals surface area (Å²) in [4.78, 5) is 17.4. The monoisotopic (exact) mass is 516 g/mol. The van der Waals surface area contributed by atoms with Crippen molar-refractivity contribution in [3.8, 4) is 17.3 Å². The number of aromatic nitrogens is 4. The highest BCUT2D eigenvalue weighted by molar-refractivity contribution is 9.10. The topological polar surface area (TPSA) is 83.0 Å². The van der Waals surface area contributed by atoms with Crippen LogP contribution in [-0.4, -0.2) is 32.6 Å². The second kappa shape index (κ2) is 9.23. The van der Waals surface area contributed by atoms with Crippen LogP contribution < -0.4 is 4.74 Å². The van der Waals surface area contributed by atoms with Crippen LogP contribution >= 0.6 is 15.9 Å². The van der Waals surface area contributed by atoms with Crippen LogP contribution in [-0.2, 0) is 13.0 Å². The summed E-state index contributed by atoms with van der Waals surface area (Å²) in [6.45, 7) is 2.71. The number of ether oxygens (including phenoxy) is 1. The molecule has 8 heteroatoms. The van der Waals surface area contributed by atoms with Crippen molar-refractivity contribution in [2.45, 2.75) is 19.9 Å². The van der Waals surface area contributed by atoms with E-state index < -0.39 is 0 Å². The molecule has 3 aromatic heterocycles. The number of carbonyl (C=O) groups excluding carboxylic acids is 1. The van der Waals surface area contributed by atoms with E-state index in [1.807, 2.05) is 43.3 Å². The average molecular weight is 517 g/mol. The molecule has 0 saturated heterocycles. The maximum atomic E-state index is 13.2. The van der Waals surface area contributed by atoms with Crippen LogP contribution in [0.2, 0.25) is 0 Å². The second-order valence-electron chi connectivity index (χ2n) is 7.89. The molecule has 34 heavy (non-hydrogen) atoms. The highest BCUT2D eigenvalue weighted by atomic mass is 79.9. The summed E-state index contributed by atoms with van der Waals surface area (Å²) in [5, 5.41) is 8.94. The molecule has 0 bridgehead atoms. The van der Waals surface area contributed by atoms with E-state index in [4.69, 9.17) is 9.15 Å². The Morgan fingerprint density at radius 2 is 1.91 bits per heavy atom. The summed E-state index contributed by atoms with van der Waals surface area (Å²) in [7, 11) is 1.63. The number of fused-ring (bicyclic) bond motifs is 1. The van der Waals surface area contributed by atoms with Gasteiger partial charge in [-0.15, -0.1) is 10.2 Å². The van der Waals surface area contributed by atoms with Crippen LogP contribution in [0.5, 0.6) is 5.75 Å². The van der Waals surface area contributed by atoms with Crippen LogP contribution in [0.4, 0.5) is 0 Å². The lowest BCUT2D eigenvalue weighted by atomic mass is 10.0. The van der Waals surface area contributed by atoms with Gasteiger partial charge in [-0.05, 0) is 60.5 Å². The third-order valence-corrected chi connectivity index (χ3v) is 6.33. The summed E-state index contributed by atoms with van der Waals surface area (Å²) < 4.78 is 14.3. The van der Waals surface area contributed by atoms with E-state index in [1.54, 1.807) is 25.4 Å². The van der Waals surface area contributed by atoms with E-state index in [0.717, 1.165) is 37.9 Å². The highest BCUT2D eigenvalue weighted by Gasteiger charge is 2.22. The first kappa shape index (κ1) is 22.0. The lowest BCUT2D eigenvalue weighted by Crippen LogP contribution is -2.07. The molecule has 0 aliphatic heterocycles. The van der Waals surface area contributed by atoms with E-state index in [2.05, 4.69) is 47.8 Å². The Morgan fingerprint density at radius 3 is 2.65 bits per heavy atom. The predicted octanol–water partition coefficient (Wildman–Crippen LogP) is 5.64. The van der Waals surface area contributed by atoms with E-state index in [1.165, 1.54) is 0 Å². The zero-order valence-corrected chi connectivity index (χ0v) is 20.2. The molecule has 0 aliphatic rings. The van der Waals surface area contributed by atoms with Gasteiger partial charge in [0.25, 0.3) is 11.8 Å². The van der Waals surface area contributed by atoms with Gasteiger partial charge in [0.2, 0.25) is 5.78 Å². The van der Waals surface area contributed by atoms with Gasteiger partial charge in [-0.1, -0.05) is 34.1 Å². The summed E-state index contributed by atoms with van der Waals surface area (Å²) in [5.74, 6) is 0.678. The van der Waals surface area contributed by atoms with Crippen molar-refractivity contribution >= 4 is 32.6 Å². The minimum absolute atomic E-state index is 0.0308. The Morgan fingerprint density at radius 1 is 1.09 bits per heavy atom. The maximum absolute atomic E-state index is 13.2. The third kappa shape index (κ3) is 4.24. The molecule has 0 fully saturated rings. The smallest absolute Gasteiger partial charge is 0.284 e. The summed E-state index contributed by atoms with van der Waals surface area (Å²) in [5.41, 5.74) is 4.64. The molecule has 0 N–H and O–H groups in total. The Labute approximate surface area is 204 Å². The molecule has 2 aromatic carbocycles. The van der Waals surface area contributed by atoms with Crippen LogP contribution in [0.3, 0.4) is 0 Å². The van der Waals surface area contributed by atoms with Gasteiger partial charge in [0.05, 0.1) is 7.11 Å². The number of nitrogens with zero attached hydrogens (tertiary/aromatic N) is 4. The lowest BCUT2D eigenvalue weighted by molar-refractivity contribution is 0.0960. The number of Topliss-reactive ketones (excluding diaryl/α,β-unsaturated/α-hetero) is 1. The van der Waals surface area contributed by atoms with Crippen LogP contribution in [0.25, 0.3) is 22.5 Å². The second-order valence-corrected chi connectivity index (χ2v) is 8.80. The minimum atomic E-state index is -0.247. The van der Waals surface area contributed by atoms with Crippen molar-refractivity contribution in [1.82, 2.24) is 19.7 Å². The van der Waals surface area contributed by atoms with Gasteiger partial charge in [0, 0.05) is 40.2 Å². The number of hydrogen-bond donors (Lipinski definition) is 0. The highest BCUT2D eigenvalue weighted by Crippen LogP contribution is 2.31. The molecule has 3 heterocycles. The standard InChI is InChI=1S/C26H21BrN4O3/c1-16-20(14-24(32)26-30-29-25(34-26)22-5-3-4-12-28-22)21-13-19(33-2)10-11-23(21)31(16)15-17-6-8-18(27)9-7-17/h3-13H,14-15H2,1-2H3. The van der Waals surface area contributed by atoms with Gasteiger partial charge in [-0.25, -0.2) is 0 Å². The number of rotatable bonds is 7. The number of halogens is 1. The Balaban J connectivity index is 1.51. The molecule has 0 saturated carbocycles. The summed E-state index contributed by atoms with van der Waals surface area (Å²) in [6.07, 6.45) is 1.77. The Hall–Kier alpha value is -3.78. The zero-order chi connectivity index (χ0) is 23.7. The van der Waals surface area contributed by atoms with Crippen molar-refractivity contribution in [3.63, 3.8) is 0 Å². The number of ketones is 1. The number of methoxy groups -OCH3 is 1. The van der Waals surface area contributed by atoms with Gasteiger partial charge < -0.3 is 13.7 Å². The quantitative estimate of drug-likeness (QED) is 0.260. The van der Waals surface area contributed by atoms with Gasteiger partial charge in [-0.3, -0.25) is 9.78 Å². The van der Waals surface area contributed by atoms with E-state index in [0.29, 0.717) is 12.2 Å². The Bertz CT molecular complexity index is 1470. The van der Waals surface area contributed by atoms with E-state index in [9.17, 15) is 4.79 Å². The fraction of sp³-hybridized carbons (Fsp3) is 0.154. The summed E-state index contributed by atoms with van der Waals surface area (Å²) >= 11 is 3.49. The molecule has 7 nitrogen and oxygen atoms in total. The normalized spacial score (nSPS) is 11.1. The zero-order valence-electron chi connectivity index (χ0n) is 18.7. The molecule has 0 atom stereocenters. The maximum Gasteiger partial charge on any atom is 0.284 e. The van der Waals surface area contributed by atoms with E-state index >= 15 is 0 Å². The SMILES string of the molecule is COc1ccc2c(c1)c(CC(=O)c1nnc(-c3ccccn3)o1)c(C)n2Cc1ccc(Br)cc1. The van der Waals surface area contributed by atoms with Crippen LogP contribution in [0, 0.1) is 6.92 Å². The fourth-order valence-electron chi connectivity index (χ4n) is 4.02. The van der Waals surface area contributed by atoms with Crippen molar-refractivity contribution in [1.29, 1.82) is 0 Å². The molecule has 0 aliphatic carbocycles. The third-order valence-electron chi connectivity index (χ3n) is 5.80. The summed E-state index contributed by atoms with van der Waals surface area (Å²) in [6, 6.07) is 19.5. The van der Waals surface area contributed by atoms with Crippen molar-refractivity contribution < 1.29 is 13.9 Å². The molecular formula is C26H21BrN4O3. The number of pyridine rings is 1. The fourth-order valence-corrected chi connectivity index (χ4v) is 4.29. The first-order chi connectivity index (χ1) is 16.5. The molecule has 0 radical (unpaired) electrons. The van der Waals surface area contributed by atoms with Crippen molar-refractivity contribution in [3.05, 3.63) is 94.0 Å². The molecule has 170 valence electrons. The molecule has 0 spiro atoms. The minimum Gasteiger partial charge on any atom is -0.497 e. The largest absolute Gasteiger partial charge is 0.497 e. The lowest BCUT2D eigenvalue weighted by Gasteiger charge is -2.09. The van der Waals surface area contributed by atoms with Crippen LogP contribution in [0.1, 0.15) is 27.5 Å². The molecule has 0 unspecified atom stereocenters. The number of carbonyl (C=O) groups is 1. The average Bonchev–Trinajstić information content (AvgIpc) is 3.46. The molecular weight excluding hydrogens is 496 g/mol.